The lowest BCUT2D eigenvalue weighted by Gasteiger charge is -2.34. The molecule has 104 valence electrons. The van der Waals surface area contributed by atoms with Crippen molar-refractivity contribution in [2.45, 2.75) is 12.5 Å². The zero-order valence-corrected chi connectivity index (χ0v) is 11.4. The average Bonchev–Trinajstić information content (AvgIpc) is 2.79. The molecule has 2 rings (SSSR count). The van der Waals surface area contributed by atoms with Crippen molar-refractivity contribution < 1.29 is 23.1 Å². The largest absolute Gasteiger partial charge is 0.481 e. The number of carboxylic acid groups (broad SMARTS) is 1. The minimum atomic E-state index is -3.30. The molecule has 1 aliphatic rings. The second kappa shape index (κ2) is 5.21. The Bertz CT molecular complexity index is 583. The van der Waals surface area contributed by atoms with Crippen molar-refractivity contribution in [3.63, 3.8) is 0 Å². The van der Waals surface area contributed by atoms with Crippen LogP contribution >= 0.6 is 11.5 Å². The number of amides is 1. The molecule has 1 fully saturated rings. The van der Waals surface area contributed by atoms with Gasteiger partial charge < -0.3 is 10.0 Å². The van der Waals surface area contributed by atoms with Crippen molar-refractivity contribution in [1.82, 2.24) is 14.5 Å². The molecule has 1 aliphatic heterocycles. The van der Waals surface area contributed by atoms with Crippen LogP contribution in [0.15, 0.2) is 5.38 Å². The maximum absolute atomic E-state index is 12.1. The molecule has 10 heteroatoms. The van der Waals surface area contributed by atoms with E-state index in [4.69, 9.17) is 5.11 Å². The average molecular weight is 305 g/mol. The molecule has 1 saturated heterocycles. The lowest BCUT2D eigenvalue weighted by atomic mass is 10.2. The molecule has 0 saturated carbocycles. The lowest BCUT2D eigenvalue weighted by Crippen LogP contribution is -2.52. The van der Waals surface area contributed by atoms with E-state index in [-0.39, 0.29) is 23.7 Å². The van der Waals surface area contributed by atoms with Crippen molar-refractivity contribution >= 4 is 33.2 Å². The number of carbonyl (C=O) groups excluding carboxylic acids is 1. The van der Waals surface area contributed by atoms with E-state index in [1.807, 2.05) is 0 Å². The fraction of sp³-hybridized carbons (Fsp3) is 0.556. The normalized spacial score (nSPS) is 22.1. The maximum atomic E-state index is 12.1. The van der Waals surface area contributed by atoms with Crippen LogP contribution in [0.5, 0.6) is 0 Å². The molecule has 0 spiro atoms. The van der Waals surface area contributed by atoms with Gasteiger partial charge in [0.25, 0.3) is 5.91 Å². The Kier molecular flexibility index (Phi) is 3.80. The van der Waals surface area contributed by atoms with Crippen LogP contribution in [0, 0.1) is 0 Å². The zero-order valence-electron chi connectivity index (χ0n) is 9.72. The molecule has 0 aromatic carbocycles. The fourth-order valence-corrected chi connectivity index (χ4v) is 3.89. The van der Waals surface area contributed by atoms with Gasteiger partial charge in [0.1, 0.15) is 0 Å². The number of aromatic nitrogens is 2. The van der Waals surface area contributed by atoms with E-state index >= 15 is 0 Å². The van der Waals surface area contributed by atoms with Crippen LogP contribution in [0.1, 0.15) is 16.9 Å². The summed E-state index contributed by atoms with van der Waals surface area (Å²) in [6.07, 6.45) is -0.400. The number of aliphatic carboxylic acids is 1. The summed E-state index contributed by atoms with van der Waals surface area (Å²) in [6, 6.07) is -0.856. The predicted octanol–water partition coefficient (Wildman–Crippen LogP) is -0.748. The molecule has 0 bridgehead atoms. The second-order valence-electron chi connectivity index (χ2n) is 4.15. The van der Waals surface area contributed by atoms with Gasteiger partial charge in [-0.05, 0) is 11.5 Å². The molecule has 1 atom stereocenters. The number of hydrogen-bond donors (Lipinski definition) is 1. The Labute approximate surface area is 113 Å². The molecule has 1 aromatic rings. The monoisotopic (exact) mass is 305 g/mol. The number of nitrogens with zero attached hydrogens (tertiary/aromatic N) is 3. The first-order valence-corrected chi connectivity index (χ1v) is 8.05. The minimum absolute atomic E-state index is 0.0172. The van der Waals surface area contributed by atoms with Crippen LogP contribution in [0.2, 0.25) is 0 Å². The third kappa shape index (κ3) is 3.26. The Hall–Kier alpha value is -1.55. The first-order chi connectivity index (χ1) is 8.89. The van der Waals surface area contributed by atoms with Crippen LogP contribution in [0.25, 0.3) is 0 Å². The highest BCUT2D eigenvalue weighted by molar-refractivity contribution is 7.91. The number of sulfone groups is 1. The van der Waals surface area contributed by atoms with Crippen LogP contribution in [-0.2, 0) is 14.6 Å². The summed E-state index contributed by atoms with van der Waals surface area (Å²) in [5.74, 6) is -2.11. The highest BCUT2D eigenvalue weighted by Crippen LogP contribution is 2.17. The second-order valence-corrected chi connectivity index (χ2v) is 6.99. The Morgan fingerprint density at radius 1 is 1.53 bits per heavy atom. The van der Waals surface area contributed by atoms with Crippen LogP contribution < -0.4 is 0 Å². The van der Waals surface area contributed by atoms with Gasteiger partial charge in [0.05, 0.1) is 24.0 Å². The Balaban J connectivity index is 2.22. The maximum Gasteiger partial charge on any atom is 0.305 e. The van der Waals surface area contributed by atoms with Gasteiger partial charge in [-0.15, -0.1) is 5.10 Å². The summed E-state index contributed by atoms with van der Waals surface area (Å²) >= 11 is 1.00. The molecular formula is C9H11N3O5S2. The quantitative estimate of drug-likeness (QED) is 0.780. The third-order valence-corrected chi connectivity index (χ3v) is 4.98. The molecule has 2 heterocycles. The van der Waals surface area contributed by atoms with Gasteiger partial charge in [-0.3, -0.25) is 9.59 Å². The molecule has 1 aromatic heterocycles. The van der Waals surface area contributed by atoms with E-state index in [1.165, 1.54) is 10.3 Å². The summed E-state index contributed by atoms with van der Waals surface area (Å²) < 4.78 is 26.6. The topological polar surface area (TPSA) is 118 Å². The number of carbonyl (C=O) groups is 2. The molecule has 19 heavy (non-hydrogen) atoms. The van der Waals surface area contributed by atoms with Gasteiger partial charge in [0.2, 0.25) is 0 Å². The van der Waals surface area contributed by atoms with E-state index in [0.717, 1.165) is 11.5 Å². The van der Waals surface area contributed by atoms with Crippen molar-refractivity contribution in [3.05, 3.63) is 11.1 Å². The van der Waals surface area contributed by atoms with Crippen molar-refractivity contribution in [2.75, 3.05) is 18.1 Å². The van der Waals surface area contributed by atoms with Gasteiger partial charge >= 0.3 is 5.97 Å². The molecule has 8 nitrogen and oxygen atoms in total. The first kappa shape index (κ1) is 13.9. The van der Waals surface area contributed by atoms with E-state index in [9.17, 15) is 18.0 Å². The van der Waals surface area contributed by atoms with Crippen molar-refractivity contribution in [3.8, 4) is 0 Å². The molecule has 1 N–H and O–H groups in total. The Morgan fingerprint density at radius 2 is 2.26 bits per heavy atom. The van der Waals surface area contributed by atoms with E-state index in [2.05, 4.69) is 9.59 Å². The lowest BCUT2D eigenvalue weighted by molar-refractivity contribution is -0.138. The van der Waals surface area contributed by atoms with Gasteiger partial charge in [-0.25, -0.2) is 8.42 Å². The van der Waals surface area contributed by atoms with Gasteiger partial charge in [-0.1, -0.05) is 4.49 Å². The number of hydrogen-bond acceptors (Lipinski definition) is 7. The molecule has 1 unspecified atom stereocenters. The smallest absolute Gasteiger partial charge is 0.305 e. The number of rotatable bonds is 3. The van der Waals surface area contributed by atoms with Crippen molar-refractivity contribution in [1.29, 1.82) is 0 Å². The summed E-state index contributed by atoms with van der Waals surface area (Å²) in [4.78, 5) is 24.1. The molecular weight excluding hydrogens is 294 g/mol. The molecule has 0 aliphatic carbocycles. The summed E-state index contributed by atoms with van der Waals surface area (Å²) in [5.41, 5.74) is 0.111. The molecule has 0 radical (unpaired) electrons. The van der Waals surface area contributed by atoms with Gasteiger partial charge in [0.15, 0.2) is 15.5 Å². The number of carboxylic acids is 1. The highest BCUT2D eigenvalue weighted by atomic mass is 32.2. The molecule has 1 amide bonds. The van der Waals surface area contributed by atoms with E-state index in [1.54, 1.807) is 0 Å². The highest BCUT2D eigenvalue weighted by Gasteiger charge is 2.36. The minimum Gasteiger partial charge on any atom is -0.481 e. The summed E-state index contributed by atoms with van der Waals surface area (Å²) in [6.45, 7) is -0.0172. The van der Waals surface area contributed by atoms with Crippen LogP contribution in [0.3, 0.4) is 0 Å². The zero-order chi connectivity index (χ0) is 14.0. The Morgan fingerprint density at radius 3 is 2.84 bits per heavy atom. The fourth-order valence-electron chi connectivity index (χ4n) is 1.93. The van der Waals surface area contributed by atoms with E-state index in [0.29, 0.717) is 0 Å². The third-order valence-electron chi connectivity index (χ3n) is 2.78. The summed E-state index contributed by atoms with van der Waals surface area (Å²) in [5, 5.41) is 13.9. The van der Waals surface area contributed by atoms with E-state index < -0.39 is 34.2 Å². The van der Waals surface area contributed by atoms with Crippen molar-refractivity contribution in [2.24, 2.45) is 0 Å². The first-order valence-electron chi connectivity index (χ1n) is 5.39. The predicted molar refractivity (Wildman–Crippen MR) is 65.6 cm³/mol. The standard InChI is InChI=1S/C9H11N3O5S2/c13-8(14)3-6-5-19(16,17)2-1-12(6)9(15)7-4-18-11-10-7/h4,6H,1-3,5H2,(H,13,14). The van der Waals surface area contributed by atoms with Gasteiger partial charge in [0, 0.05) is 11.9 Å². The van der Waals surface area contributed by atoms with Gasteiger partial charge in [-0.2, -0.15) is 0 Å². The van der Waals surface area contributed by atoms with Crippen LogP contribution in [0.4, 0.5) is 0 Å². The SMILES string of the molecule is O=C(O)CC1CS(=O)(=O)CCN1C(=O)c1csnn1. The van der Waals surface area contributed by atoms with Crippen LogP contribution in [-0.4, -0.2) is 64.0 Å². The summed E-state index contributed by atoms with van der Waals surface area (Å²) in [7, 11) is -3.30.